The predicted octanol–water partition coefficient (Wildman–Crippen LogP) is 3.70. The van der Waals surface area contributed by atoms with Crippen LogP contribution in [0.2, 0.25) is 0 Å². The van der Waals surface area contributed by atoms with E-state index < -0.39 is 6.10 Å². The summed E-state index contributed by atoms with van der Waals surface area (Å²) < 4.78 is 0. The molecular formula is C23H25N3O3. The molecule has 0 radical (unpaired) electrons. The van der Waals surface area contributed by atoms with Crippen LogP contribution in [0, 0.1) is 5.92 Å². The second-order valence-electron chi connectivity index (χ2n) is 7.30. The molecule has 1 aromatic heterocycles. The van der Waals surface area contributed by atoms with Crippen LogP contribution < -0.4 is 5.32 Å². The number of anilines is 1. The van der Waals surface area contributed by atoms with Crippen molar-refractivity contribution in [2.75, 3.05) is 5.32 Å². The molecule has 2 aromatic carbocycles. The average Bonchev–Trinajstić information content (AvgIpc) is 2.73. The van der Waals surface area contributed by atoms with Crippen LogP contribution in [0.25, 0.3) is 11.3 Å². The summed E-state index contributed by atoms with van der Waals surface area (Å²) in [5.41, 5.74) is 3.12. The van der Waals surface area contributed by atoms with E-state index in [2.05, 4.69) is 15.3 Å². The number of amides is 1. The van der Waals surface area contributed by atoms with Crippen LogP contribution in [-0.4, -0.2) is 26.1 Å². The van der Waals surface area contributed by atoms with E-state index in [-0.39, 0.29) is 29.9 Å². The maximum Gasteiger partial charge on any atom is 0.225 e. The summed E-state index contributed by atoms with van der Waals surface area (Å²) in [5, 5.41) is 22.9. The van der Waals surface area contributed by atoms with Crippen molar-refractivity contribution in [2.24, 2.45) is 5.92 Å². The minimum atomic E-state index is -1.03. The van der Waals surface area contributed by atoms with Crippen molar-refractivity contribution in [3.63, 3.8) is 0 Å². The molecule has 6 heteroatoms. The Hall–Kier alpha value is -3.09. The number of hydrogen-bond donors (Lipinski definition) is 3. The molecule has 1 unspecified atom stereocenters. The van der Waals surface area contributed by atoms with Gasteiger partial charge in [-0.1, -0.05) is 68.4 Å². The van der Waals surface area contributed by atoms with Crippen molar-refractivity contribution in [3.8, 4) is 11.3 Å². The van der Waals surface area contributed by atoms with Crippen LogP contribution >= 0.6 is 0 Å². The first-order valence-corrected chi connectivity index (χ1v) is 9.58. The van der Waals surface area contributed by atoms with Crippen molar-refractivity contribution >= 4 is 11.7 Å². The molecule has 0 aliphatic heterocycles. The number of aromatic nitrogens is 2. The number of aliphatic hydroxyl groups is 2. The van der Waals surface area contributed by atoms with Gasteiger partial charge in [0.05, 0.1) is 18.5 Å². The molecule has 1 amide bonds. The van der Waals surface area contributed by atoms with E-state index >= 15 is 0 Å². The Morgan fingerprint density at radius 1 is 1.07 bits per heavy atom. The Balaban J connectivity index is 2.00. The van der Waals surface area contributed by atoms with E-state index in [9.17, 15) is 15.0 Å². The van der Waals surface area contributed by atoms with E-state index in [4.69, 9.17) is 0 Å². The lowest BCUT2D eigenvalue weighted by molar-refractivity contribution is -0.116. The largest absolute Gasteiger partial charge is 0.392 e. The van der Waals surface area contributed by atoms with Crippen LogP contribution in [0.5, 0.6) is 0 Å². The number of rotatable bonds is 7. The second kappa shape index (κ2) is 9.41. The number of nitrogens with zero attached hydrogens (tertiary/aromatic N) is 2. The Kier molecular flexibility index (Phi) is 6.69. The summed E-state index contributed by atoms with van der Waals surface area (Å²) in [4.78, 5) is 21.3. The van der Waals surface area contributed by atoms with E-state index in [1.54, 1.807) is 18.3 Å². The lowest BCUT2D eigenvalue weighted by atomic mass is 10.0. The SMILES string of the molecule is CC(C)CC(=O)Nc1ncc(-c2ccc(CO)cc2)nc1C(O)c1ccccc1. The predicted molar refractivity (Wildman–Crippen MR) is 112 cm³/mol. The highest BCUT2D eigenvalue weighted by atomic mass is 16.3. The Bertz CT molecular complexity index is 957. The fourth-order valence-corrected chi connectivity index (χ4v) is 2.96. The standard InChI is InChI=1S/C23H25N3O3/c1-15(2)12-20(28)26-23-21(22(29)18-6-4-3-5-7-18)25-19(13-24-23)17-10-8-16(14-27)9-11-17/h3-11,13,15,22,27,29H,12,14H2,1-2H3,(H,24,26,28). The number of aliphatic hydroxyl groups excluding tert-OH is 2. The highest BCUT2D eigenvalue weighted by Gasteiger charge is 2.20. The molecule has 0 fully saturated rings. The highest BCUT2D eigenvalue weighted by molar-refractivity contribution is 5.90. The number of hydrogen-bond acceptors (Lipinski definition) is 5. The quantitative estimate of drug-likeness (QED) is 0.571. The van der Waals surface area contributed by atoms with Crippen molar-refractivity contribution in [1.82, 2.24) is 9.97 Å². The normalized spacial score (nSPS) is 12.0. The molecule has 1 heterocycles. The third-order valence-corrected chi connectivity index (χ3v) is 4.46. The minimum absolute atomic E-state index is 0.0370. The van der Waals surface area contributed by atoms with Crippen molar-refractivity contribution in [1.29, 1.82) is 0 Å². The third kappa shape index (κ3) is 5.25. The number of carbonyl (C=O) groups is 1. The Morgan fingerprint density at radius 3 is 2.38 bits per heavy atom. The van der Waals surface area contributed by atoms with E-state index in [1.807, 2.05) is 56.3 Å². The molecule has 0 saturated heterocycles. The molecule has 3 rings (SSSR count). The van der Waals surface area contributed by atoms with Crippen LogP contribution in [0.4, 0.5) is 5.82 Å². The molecule has 0 bridgehead atoms. The van der Waals surface area contributed by atoms with Crippen LogP contribution in [0.3, 0.4) is 0 Å². The maximum atomic E-state index is 12.3. The Morgan fingerprint density at radius 2 is 1.76 bits per heavy atom. The summed E-state index contributed by atoms with van der Waals surface area (Å²) in [6.07, 6.45) is 0.891. The van der Waals surface area contributed by atoms with Crippen molar-refractivity contribution in [2.45, 2.75) is 33.0 Å². The summed E-state index contributed by atoms with van der Waals surface area (Å²) in [6.45, 7) is 3.89. The van der Waals surface area contributed by atoms with Gasteiger partial charge in [0.1, 0.15) is 11.8 Å². The fourth-order valence-electron chi connectivity index (χ4n) is 2.96. The van der Waals surface area contributed by atoms with Gasteiger partial charge in [-0.2, -0.15) is 0 Å². The molecule has 0 saturated carbocycles. The smallest absolute Gasteiger partial charge is 0.225 e. The zero-order chi connectivity index (χ0) is 20.8. The van der Waals surface area contributed by atoms with Gasteiger partial charge < -0.3 is 15.5 Å². The second-order valence-corrected chi connectivity index (χ2v) is 7.30. The first-order valence-electron chi connectivity index (χ1n) is 9.58. The summed E-state index contributed by atoms with van der Waals surface area (Å²) in [5.74, 6) is 0.286. The first kappa shape index (κ1) is 20.6. The third-order valence-electron chi connectivity index (χ3n) is 4.46. The van der Waals surface area contributed by atoms with E-state index in [0.29, 0.717) is 17.7 Å². The van der Waals surface area contributed by atoms with Crippen molar-refractivity contribution < 1.29 is 15.0 Å². The van der Waals surface area contributed by atoms with Gasteiger partial charge in [0.2, 0.25) is 5.91 Å². The van der Waals surface area contributed by atoms with E-state index in [1.165, 1.54) is 0 Å². The van der Waals surface area contributed by atoms with Gasteiger partial charge in [-0.15, -0.1) is 0 Å². The Labute approximate surface area is 170 Å². The molecule has 150 valence electrons. The van der Waals surface area contributed by atoms with Crippen LogP contribution in [0.15, 0.2) is 60.8 Å². The van der Waals surface area contributed by atoms with Crippen LogP contribution in [-0.2, 0) is 11.4 Å². The number of carbonyl (C=O) groups excluding carboxylic acids is 1. The van der Waals surface area contributed by atoms with Crippen molar-refractivity contribution in [3.05, 3.63) is 77.6 Å². The monoisotopic (exact) mass is 391 g/mol. The van der Waals surface area contributed by atoms with Gasteiger partial charge in [0.25, 0.3) is 0 Å². The molecule has 6 nitrogen and oxygen atoms in total. The molecule has 29 heavy (non-hydrogen) atoms. The van der Waals surface area contributed by atoms with Gasteiger partial charge in [-0.25, -0.2) is 9.97 Å². The molecular weight excluding hydrogens is 366 g/mol. The van der Waals surface area contributed by atoms with Gasteiger partial charge in [0.15, 0.2) is 5.82 Å². The fraction of sp³-hybridized carbons (Fsp3) is 0.261. The van der Waals surface area contributed by atoms with Gasteiger partial charge >= 0.3 is 0 Å². The first-order chi connectivity index (χ1) is 14.0. The zero-order valence-corrected chi connectivity index (χ0v) is 16.5. The van der Waals surface area contributed by atoms with Gasteiger partial charge in [0, 0.05) is 12.0 Å². The summed E-state index contributed by atoms with van der Waals surface area (Å²) in [7, 11) is 0. The molecule has 0 aliphatic carbocycles. The number of benzene rings is 2. The van der Waals surface area contributed by atoms with E-state index in [0.717, 1.165) is 11.1 Å². The zero-order valence-electron chi connectivity index (χ0n) is 16.5. The molecule has 3 N–H and O–H groups in total. The highest BCUT2D eigenvalue weighted by Crippen LogP contribution is 2.28. The van der Waals surface area contributed by atoms with Crippen LogP contribution in [0.1, 0.15) is 43.2 Å². The lowest BCUT2D eigenvalue weighted by Crippen LogP contribution is -2.18. The molecule has 0 spiro atoms. The average molecular weight is 391 g/mol. The molecule has 0 aliphatic rings. The minimum Gasteiger partial charge on any atom is -0.392 e. The summed E-state index contributed by atoms with van der Waals surface area (Å²) >= 11 is 0. The molecule has 1 atom stereocenters. The van der Waals surface area contributed by atoms with Gasteiger partial charge in [-0.3, -0.25) is 4.79 Å². The molecule has 3 aromatic rings. The summed E-state index contributed by atoms with van der Waals surface area (Å²) in [6, 6.07) is 16.4. The number of nitrogens with one attached hydrogen (secondary N) is 1. The van der Waals surface area contributed by atoms with Gasteiger partial charge in [-0.05, 0) is 17.0 Å². The topological polar surface area (TPSA) is 95.3 Å². The maximum absolute atomic E-state index is 12.3. The lowest BCUT2D eigenvalue weighted by Gasteiger charge is -2.16.